The molecule has 5 heteroatoms. The van der Waals surface area contributed by atoms with Crippen molar-refractivity contribution in [3.05, 3.63) is 59.1 Å². The van der Waals surface area contributed by atoms with Crippen molar-refractivity contribution < 1.29 is 9.18 Å². The number of nitrogens with zero attached hydrogens (tertiary/aromatic N) is 1. The van der Waals surface area contributed by atoms with Crippen LogP contribution in [-0.4, -0.2) is 10.9 Å². The fraction of sp³-hybridized carbons (Fsp3) is 0. The van der Waals surface area contributed by atoms with Crippen molar-refractivity contribution in [3.8, 4) is 0 Å². The van der Waals surface area contributed by atoms with Crippen molar-refractivity contribution in [1.29, 1.82) is 0 Å². The standard InChI is InChI=1S/C12H8ClFN2O/c13-11-7-15-6-5-10(11)12(17)16-9-3-1-8(14)2-4-9/h1-7H,(H,16,17). The smallest absolute Gasteiger partial charge is 0.257 e. The highest BCUT2D eigenvalue weighted by Crippen LogP contribution is 2.16. The highest BCUT2D eigenvalue weighted by atomic mass is 35.5. The molecule has 3 nitrogen and oxygen atoms in total. The Bertz CT molecular complexity index is 542. The van der Waals surface area contributed by atoms with Gasteiger partial charge in [-0.15, -0.1) is 0 Å². The molecule has 0 spiro atoms. The van der Waals surface area contributed by atoms with Crippen molar-refractivity contribution in [2.24, 2.45) is 0 Å². The van der Waals surface area contributed by atoms with E-state index >= 15 is 0 Å². The molecule has 0 bridgehead atoms. The Hall–Kier alpha value is -1.94. The summed E-state index contributed by atoms with van der Waals surface area (Å²) in [6.45, 7) is 0. The second-order valence-electron chi connectivity index (χ2n) is 3.32. The van der Waals surface area contributed by atoms with E-state index in [0.717, 1.165) is 0 Å². The Morgan fingerprint density at radius 1 is 1.24 bits per heavy atom. The molecule has 1 N–H and O–H groups in total. The zero-order valence-corrected chi connectivity index (χ0v) is 9.41. The molecule has 0 atom stereocenters. The van der Waals surface area contributed by atoms with Gasteiger partial charge in [-0.2, -0.15) is 0 Å². The van der Waals surface area contributed by atoms with Crippen molar-refractivity contribution >= 4 is 23.2 Å². The quantitative estimate of drug-likeness (QED) is 0.890. The lowest BCUT2D eigenvalue weighted by Gasteiger charge is -2.05. The summed E-state index contributed by atoms with van der Waals surface area (Å²) in [5, 5.41) is 2.88. The number of pyridine rings is 1. The minimum absolute atomic E-state index is 0.270. The number of benzene rings is 1. The van der Waals surface area contributed by atoms with Crippen LogP contribution in [0.5, 0.6) is 0 Å². The number of amides is 1. The number of anilines is 1. The fourth-order valence-electron chi connectivity index (χ4n) is 1.29. The van der Waals surface area contributed by atoms with Gasteiger partial charge in [-0.05, 0) is 30.3 Å². The fourth-order valence-corrected chi connectivity index (χ4v) is 1.50. The predicted octanol–water partition coefficient (Wildman–Crippen LogP) is 3.13. The SMILES string of the molecule is O=C(Nc1ccc(F)cc1)c1ccncc1Cl. The molecule has 2 aromatic rings. The lowest BCUT2D eigenvalue weighted by Crippen LogP contribution is -2.12. The Labute approximate surface area is 102 Å². The Morgan fingerprint density at radius 3 is 2.59 bits per heavy atom. The van der Waals surface area contributed by atoms with Gasteiger partial charge in [0.1, 0.15) is 5.82 Å². The molecule has 1 amide bonds. The van der Waals surface area contributed by atoms with Gasteiger partial charge in [0.2, 0.25) is 0 Å². The molecule has 1 aromatic heterocycles. The van der Waals surface area contributed by atoms with Crippen LogP contribution >= 0.6 is 11.6 Å². The van der Waals surface area contributed by atoms with Crippen molar-refractivity contribution in [3.63, 3.8) is 0 Å². The Morgan fingerprint density at radius 2 is 1.94 bits per heavy atom. The zero-order valence-electron chi connectivity index (χ0n) is 8.65. The van der Waals surface area contributed by atoms with E-state index in [1.807, 2.05) is 0 Å². The number of carbonyl (C=O) groups is 1. The monoisotopic (exact) mass is 250 g/mol. The minimum atomic E-state index is -0.357. The highest BCUT2D eigenvalue weighted by molar-refractivity contribution is 6.34. The summed E-state index contributed by atoms with van der Waals surface area (Å²) >= 11 is 5.83. The van der Waals surface area contributed by atoms with E-state index in [9.17, 15) is 9.18 Å². The second-order valence-corrected chi connectivity index (χ2v) is 3.72. The summed E-state index contributed by atoms with van der Waals surface area (Å²) in [6, 6.07) is 7.00. The summed E-state index contributed by atoms with van der Waals surface area (Å²) in [6.07, 6.45) is 2.87. The van der Waals surface area contributed by atoms with Gasteiger partial charge < -0.3 is 5.32 Å². The summed E-state index contributed by atoms with van der Waals surface area (Å²) in [7, 11) is 0. The van der Waals surface area contributed by atoms with Crippen LogP contribution < -0.4 is 5.32 Å². The van der Waals surface area contributed by atoms with Crippen LogP contribution in [0.3, 0.4) is 0 Å². The van der Waals surface area contributed by atoms with Gasteiger partial charge in [0.15, 0.2) is 0 Å². The number of nitrogens with one attached hydrogen (secondary N) is 1. The van der Waals surface area contributed by atoms with Gasteiger partial charge in [-0.1, -0.05) is 11.6 Å². The normalized spacial score (nSPS) is 10.0. The molecule has 0 aliphatic heterocycles. The molecule has 17 heavy (non-hydrogen) atoms. The van der Waals surface area contributed by atoms with Gasteiger partial charge in [0, 0.05) is 18.1 Å². The number of rotatable bonds is 2. The minimum Gasteiger partial charge on any atom is -0.322 e. The van der Waals surface area contributed by atoms with Gasteiger partial charge >= 0.3 is 0 Å². The van der Waals surface area contributed by atoms with E-state index < -0.39 is 0 Å². The number of hydrogen-bond donors (Lipinski definition) is 1. The van der Waals surface area contributed by atoms with Crippen molar-refractivity contribution in [1.82, 2.24) is 4.98 Å². The summed E-state index contributed by atoms with van der Waals surface area (Å²) in [5.41, 5.74) is 0.829. The van der Waals surface area contributed by atoms with Crippen LogP contribution in [0.1, 0.15) is 10.4 Å². The van der Waals surface area contributed by atoms with E-state index in [4.69, 9.17) is 11.6 Å². The Kier molecular flexibility index (Phi) is 3.35. The lowest BCUT2D eigenvalue weighted by atomic mass is 10.2. The first-order valence-electron chi connectivity index (χ1n) is 4.83. The molecule has 2 rings (SSSR count). The van der Waals surface area contributed by atoms with Crippen molar-refractivity contribution in [2.75, 3.05) is 5.32 Å². The van der Waals surface area contributed by atoms with Crippen molar-refractivity contribution in [2.45, 2.75) is 0 Å². The molecule has 0 unspecified atom stereocenters. The topological polar surface area (TPSA) is 42.0 Å². The molecule has 0 fully saturated rings. The third kappa shape index (κ3) is 2.79. The summed E-state index contributed by atoms with van der Waals surface area (Å²) < 4.78 is 12.7. The van der Waals surface area contributed by atoms with Gasteiger partial charge in [-0.3, -0.25) is 9.78 Å². The molecule has 1 aromatic carbocycles. The van der Waals surface area contributed by atoms with Crippen LogP contribution in [-0.2, 0) is 0 Å². The molecule has 0 aliphatic rings. The number of aromatic nitrogens is 1. The first kappa shape index (κ1) is 11.5. The molecule has 0 saturated heterocycles. The molecular weight excluding hydrogens is 243 g/mol. The van der Waals surface area contributed by atoms with Gasteiger partial charge in [0.25, 0.3) is 5.91 Å². The number of hydrogen-bond acceptors (Lipinski definition) is 2. The highest BCUT2D eigenvalue weighted by Gasteiger charge is 2.09. The third-order valence-electron chi connectivity index (χ3n) is 2.12. The van der Waals surface area contributed by atoms with Crippen LogP contribution in [0.4, 0.5) is 10.1 Å². The van der Waals surface area contributed by atoms with E-state index in [-0.39, 0.29) is 16.7 Å². The number of halogens is 2. The third-order valence-corrected chi connectivity index (χ3v) is 2.42. The molecule has 0 radical (unpaired) electrons. The van der Waals surface area contributed by atoms with Crippen LogP contribution in [0, 0.1) is 5.82 Å². The second kappa shape index (κ2) is 4.93. The largest absolute Gasteiger partial charge is 0.322 e. The average molecular weight is 251 g/mol. The predicted molar refractivity (Wildman–Crippen MR) is 63.6 cm³/mol. The first-order valence-corrected chi connectivity index (χ1v) is 5.21. The Balaban J connectivity index is 2.17. The molecule has 1 heterocycles. The van der Waals surface area contributed by atoms with Gasteiger partial charge in [0.05, 0.1) is 10.6 Å². The maximum absolute atomic E-state index is 12.7. The molecule has 86 valence electrons. The molecule has 0 saturated carbocycles. The summed E-state index contributed by atoms with van der Waals surface area (Å²) in [4.78, 5) is 15.6. The van der Waals surface area contributed by atoms with E-state index in [0.29, 0.717) is 11.3 Å². The van der Waals surface area contributed by atoms with E-state index in [1.54, 1.807) is 0 Å². The maximum atomic E-state index is 12.7. The number of carbonyl (C=O) groups excluding carboxylic acids is 1. The molecular formula is C12H8ClFN2O. The average Bonchev–Trinajstić information content (AvgIpc) is 2.32. The van der Waals surface area contributed by atoms with Crippen LogP contribution in [0.2, 0.25) is 5.02 Å². The van der Waals surface area contributed by atoms with E-state index in [1.165, 1.54) is 42.7 Å². The summed E-state index contributed by atoms with van der Waals surface area (Å²) in [5.74, 6) is -0.714. The van der Waals surface area contributed by atoms with E-state index in [2.05, 4.69) is 10.3 Å². The maximum Gasteiger partial charge on any atom is 0.257 e. The molecule has 0 aliphatic carbocycles. The lowest BCUT2D eigenvalue weighted by molar-refractivity contribution is 0.102. The van der Waals surface area contributed by atoms with Crippen LogP contribution in [0.25, 0.3) is 0 Å². The van der Waals surface area contributed by atoms with Gasteiger partial charge in [-0.25, -0.2) is 4.39 Å². The first-order chi connectivity index (χ1) is 8.16. The van der Waals surface area contributed by atoms with Crippen LogP contribution in [0.15, 0.2) is 42.7 Å². The zero-order chi connectivity index (χ0) is 12.3.